The molecule has 0 aromatic carbocycles. The molecule has 0 heterocycles. The Labute approximate surface area is 124 Å². The van der Waals surface area contributed by atoms with Crippen LogP contribution in [0.2, 0.25) is 0 Å². The van der Waals surface area contributed by atoms with Gasteiger partial charge < -0.3 is 10.8 Å². The minimum absolute atomic E-state index is 0.0863. The quantitative estimate of drug-likeness (QED) is 0.723. The molecule has 2 rings (SSSR count). The molecule has 2 aliphatic rings. The molecule has 5 unspecified atom stereocenters. The Morgan fingerprint density at radius 1 is 1.10 bits per heavy atom. The molecule has 3 N–H and O–H groups in total. The Balaban J connectivity index is 1.99. The third kappa shape index (κ3) is 3.10. The summed E-state index contributed by atoms with van der Waals surface area (Å²) in [5, 5.41) is 9.26. The molecule has 0 aromatic rings. The molecule has 0 radical (unpaired) electrons. The molecule has 0 bridgehead atoms. The first-order chi connectivity index (χ1) is 9.82. The van der Waals surface area contributed by atoms with Crippen LogP contribution in [-0.4, -0.2) is 40.4 Å². The Hall–Kier alpha value is -1.43. The number of rotatable bonds is 6. The van der Waals surface area contributed by atoms with Crippen molar-refractivity contribution in [3.63, 3.8) is 0 Å². The summed E-state index contributed by atoms with van der Waals surface area (Å²) in [6.45, 7) is 3.67. The zero-order chi connectivity index (χ0) is 15.7. The minimum atomic E-state index is -1.30. The minimum Gasteiger partial charge on any atom is -0.465 e. The molecule has 21 heavy (non-hydrogen) atoms. The molecule has 0 saturated heterocycles. The van der Waals surface area contributed by atoms with E-state index in [1.54, 1.807) is 0 Å². The lowest BCUT2D eigenvalue weighted by molar-refractivity contribution is -0.134. The Kier molecular flexibility index (Phi) is 4.66. The van der Waals surface area contributed by atoms with Crippen LogP contribution in [0.1, 0.15) is 39.5 Å². The molecule has 6 heteroatoms. The predicted molar refractivity (Wildman–Crippen MR) is 76.5 cm³/mol. The number of amides is 1. The van der Waals surface area contributed by atoms with Gasteiger partial charge >= 0.3 is 6.09 Å². The largest absolute Gasteiger partial charge is 0.465 e. The fraction of sp³-hybridized carbons (Fsp3) is 0.800. The van der Waals surface area contributed by atoms with E-state index in [1.807, 2.05) is 13.8 Å². The van der Waals surface area contributed by atoms with E-state index in [0.29, 0.717) is 5.92 Å². The third-order valence-electron chi connectivity index (χ3n) is 5.22. The van der Waals surface area contributed by atoms with Gasteiger partial charge in [0.25, 0.3) is 0 Å². The molecule has 0 aromatic heterocycles. The molecule has 5 atom stereocenters. The van der Waals surface area contributed by atoms with Crippen molar-refractivity contribution in [1.29, 1.82) is 0 Å². The van der Waals surface area contributed by atoms with Gasteiger partial charge in [0.05, 0.1) is 6.54 Å². The lowest BCUT2D eigenvalue weighted by atomic mass is 9.71. The number of hydrogen-bond acceptors (Lipinski definition) is 4. The lowest BCUT2D eigenvalue weighted by Crippen LogP contribution is -2.56. The average molecular weight is 296 g/mol. The van der Waals surface area contributed by atoms with Crippen molar-refractivity contribution in [3.8, 4) is 0 Å². The van der Waals surface area contributed by atoms with Crippen molar-refractivity contribution in [2.24, 2.45) is 29.4 Å². The summed E-state index contributed by atoms with van der Waals surface area (Å²) >= 11 is 0. The first kappa shape index (κ1) is 15.9. The highest BCUT2D eigenvalue weighted by Gasteiger charge is 2.41. The normalized spacial score (nSPS) is 32.5. The van der Waals surface area contributed by atoms with Gasteiger partial charge in [-0.15, -0.1) is 0 Å². The summed E-state index contributed by atoms with van der Waals surface area (Å²) in [4.78, 5) is 36.5. The van der Waals surface area contributed by atoms with E-state index >= 15 is 0 Å². The van der Waals surface area contributed by atoms with Crippen LogP contribution < -0.4 is 5.73 Å². The Bertz CT molecular complexity index is 451. The maximum absolute atomic E-state index is 12.2. The van der Waals surface area contributed by atoms with Crippen LogP contribution in [-0.2, 0) is 9.59 Å². The highest BCUT2D eigenvalue weighted by molar-refractivity contribution is 5.92. The van der Waals surface area contributed by atoms with Crippen molar-refractivity contribution >= 4 is 17.7 Å². The van der Waals surface area contributed by atoms with Gasteiger partial charge in [0.1, 0.15) is 6.17 Å². The van der Waals surface area contributed by atoms with Crippen molar-refractivity contribution in [3.05, 3.63) is 0 Å². The fourth-order valence-corrected chi connectivity index (χ4v) is 3.18. The Morgan fingerprint density at radius 2 is 1.62 bits per heavy atom. The van der Waals surface area contributed by atoms with Crippen LogP contribution in [0.5, 0.6) is 0 Å². The molecule has 0 spiro atoms. The molecule has 2 saturated carbocycles. The van der Waals surface area contributed by atoms with Gasteiger partial charge in [-0.3, -0.25) is 14.5 Å². The summed E-state index contributed by atoms with van der Waals surface area (Å²) in [6, 6.07) is 0. The maximum Gasteiger partial charge on any atom is 0.409 e. The number of carbonyl (C=O) groups is 3. The molecular formula is C15H24N2O4. The van der Waals surface area contributed by atoms with Gasteiger partial charge in [-0.1, -0.05) is 13.8 Å². The predicted octanol–water partition coefficient (Wildman–Crippen LogP) is 1.48. The molecule has 2 aliphatic carbocycles. The van der Waals surface area contributed by atoms with Gasteiger partial charge in [-0.25, -0.2) is 4.79 Å². The van der Waals surface area contributed by atoms with Crippen molar-refractivity contribution in [2.45, 2.75) is 45.7 Å². The van der Waals surface area contributed by atoms with Crippen molar-refractivity contribution in [2.75, 3.05) is 6.54 Å². The van der Waals surface area contributed by atoms with Crippen LogP contribution in [0.3, 0.4) is 0 Å². The zero-order valence-electron chi connectivity index (χ0n) is 12.6. The number of carbonyl (C=O) groups excluding carboxylic acids is 2. The third-order valence-corrected chi connectivity index (χ3v) is 5.22. The van der Waals surface area contributed by atoms with E-state index in [-0.39, 0.29) is 35.9 Å². The summed E-state index contributed by atoms with van der Waals surface area (Å²) in [5.74, 6) is -0.0868. The average Bonchev–Trinajstić information content (AvgIpc) is 2.40. The zero-order valence-corrected chi connectivity index (χ0v) is 12.6. The number of ketones is 2. The SMILES string of the molecule is CC1CCC1C(=O)CN(C(=O)O)C(N)C(=O)C1CCC1C. The van der Waals surface area contributed by atoms with E-state index in [1.165, 1.54) is 0 Å². The number of nitrogens with two attached hydrogens (primary N) is 1. The molecule has 0 aliphatic heterocycles. The number of hydrogen-bond donors (Lipinski definition) is 2. The van der Waals surface area contributed by atoms with Crippen LogP contribution in [0.4, 0.5) is 4.79 Å². The van der Waals surface area contributed by atoms with Crippen molar-refractivity contribution in [1.82, 2.24) is 4.90 Å². The highest BCUT2D eigenvalue weighted by atomic mass is 16.4. The van der Waals surface area contributed by atoms with E-state index in [9.17, 15) is 19.5 Å². The first-order valence-corrected chi connectivity index (χ1v) is 7.64. The second kappa shape index (κ2) is 6.13. The van der Waals surface area contributed by atoms with Crippen LogP contribution in [0.25, 0.3) is 0 Å². The molecule has 2 fully saturated rings. The molecule has 1 amide bonds. The summed E-state index contributed by atoms with van der Waals surface area (Å²) < 4.78 is 0. The second-order valence-electron chi connectivity index (χ2n) is 6.55. The van der Waals surface area contributed by atoms with Crippen molar-refractivity contribution < 1.29 is 19.5 Å². The fourth-order valence-electron chi connectivity index (χ4n) is 3.18. The lowest BCUT2D eigenvalue weighted by Gasteiger charge is -2.37. The monoisotopic (exact) mass is 296 g/mol. The number of Topliss-reactive ketones (excluding diaryl/α,β-unsaturated/α-hetero) is 2. The molecule has 6 nitrogen and oxygen atoms in total. The van der Waals surface area contributed by atoms with E-state index in [4.69, 9.17) is 5.73 Å². The number of nitrogens with zero attached hydrogens (tertiary/aromatic N) is 1. The van der Waals surface area contributed by atoms with Gasteiger partial charge in [-0.05, 0) is 37.5 Å². The van der Waals surface area contributed by atoms with Gasteiger partial charge in [0, 0.05) is 11.8 Å². The smallest absolute Gasteiger partial charge is 0.409 e. The van der Waals surface area contributed by atoms with Crippen LogP contribution in [0, 0.1) is 23.7 Å². The van der Waals surface area contributed by atoms with E-state index in [2.05, 4.69) is 0 Å². The molecule has 118 valence electrons. The standard InChI is InChI=1S/C15H24N2O4/c1-8-3-5-10(8)12(18)7-17(15(20)21)14(16)13(19)11-6-4-9(11)2/h8-11,14H,3-7,16H2,1-2H3,(H,20,21). The summed E-state index contributed by atoms with van der Waals surface area (Å²) in [6.07, 6.45) is 0.992. The van der Waals surface area contributed by atoms with Gasteiger partial charge in [-0.2, -0.15) is 0 Å². The van der Waals surface area contributed by atoms with Gasteiger partial charge in [0.15, 0.2) is 11.6 Å². The van der Waals surface area contributed by atoms with Crippen LogP contribution >= 0.6 is 0 Å². The topological polar surface area (TPSA) is 101 Å². The summed E-state index contributed by atoms with van der Waals surface area (Å²) in [5.41, 5.74) is 5.82. The maximum atomic E-state index is 12.2. The number of carboxylic acid groups (broad SMARTS) is 1. The molecular weight excluding hydrogens is 272 g/mol. The summed E-state index contributed by atoms with van der Waals surface area (Å²) in [7, 11) is 0. The van der Waals surface area contributed by atoms with Crippen LogP contribution in [0.15, 0.2) is 0 Å². The second-order valence-corrected chi connectivity index (χ2v) is 6.55. The van der Waals surface area contributed by atoms with E-state index in [0.717, 1.165) is 30.6 Å². The first-order valence-electron chi connectivity index (χ1n) is 7.64. The van der Waals surface area contributed by atoms with Gasteiger partial charge in [0.2, 0.25) is 0 Å². The highest BCUT2D eigenvalue weighted by Crippen LogP contribution is 2.36. The van der Waals surface area contributed by atoms with E-state index < -0.39 is 12.3 Å². The Morgan fingerprint density at radius 3 is 1.95 bits per heavy atom.